The van der Waals surface area contributed by atoms with Crippen LogP contribution in [-0.2, 0) is 12.5 Å². The number of para-hydroxylation sites is 2. The van der Waals surface area contributed by atoms with E-state index in [0.29, 0.717) is 0 Å². The van der Waals surface area contributed by atoms with Crippen molar-refractivity contribution in [1.82, 2.24) is 0 Å². The van der Waals surface area contributed by atoms with Gasteiger partial charge in [-0.1, -0.05) is 86.7 Å². The molecule has 1 aliphatic rings. The molecule has 0 radical (unpaired) electrons. The first-order valence-corrected chi connectivity index (χ1v) is 14.0. The van der Waals surface area contributed by atoms with Crippen LogP contribution in [0.4, 0.5) is 17.1 Å². The molecule has 0 bridgehead atoms. The molecule has 2 heteroatoms. The highest BCUT2D eigenvalue weighted by molar-refractivity contribution is 5.87. The largest absolute Gasteiger partial charge is 0.310 e. The number of aryl methyl sites for hydroxylation is 1. The summed E-state index contributed by atoms with van der Waals surface area (Å²) in [6, 6.07) is 39.7. The molecule has 4 aromatic carbocycles. The van der Waals surface area contributed by atoms with Crippen molar-refractivity contribution in [3.05, 3.63) is 144 Å². The maximum Gasteiger partial charge on any atom is 0.169 e. The van der Waals surface area contributed by atoms with E-state index in [-0.39, 0.29) is 5.41 Å². The summed E-state index contributed by atoms with van der Waals surface area (Å²) < 4.78 is 2.06. The van der Waals surface area contributed by atoms with E-state index < -0.39 is 0 Å². The minimum atomic E-state index is -0.00985. The molecule has 6 rings (SSSR count). The number of rotatable bonds is 7. The minimum absolute atomic E-state index is 0.00985. The molecular formula is C37H35N2+. The lowest BCUT2D eigenvalue weighted by Gasteiger charge is -2.32. The summed E-state index contributed by atoms with van der Waals surface area (Å²) in [6.07, 6.45) is 10.7. The van der Waals surface area contributed by atoms with Crippen molar-refractivity contribution in [2.75, 3.05) is 4.90 Å². The second-order valence-electron chi connectivity index (χ2n) is 10.5. The quantitative estimate of drug-likeness (QED) is 0.199. The summed E-state index contributed by atoms with van der Waals surface area (Å²) in [5.41, 5.74) is 11.6. The van der Waals surface area contributed by atoms with Gasteiger partial charge in [-0.3, -0.25) is 0 Å². The first-order chi connectivity index (χ1) is 19.1. The number of pyridine rings is 1. The van der Waals surface area contributed by atoms with Crippen LogP contribution >= 0.6 is 0 Å². The lowest BCUT2D eigenvalue weighted by molar-refractivity contribution is -0.671. The third-order valence-corrected chi connectivity index (χ3v) is 8.33. The Morgan fingerprint density at radius 1 is 0.590 bits per heavy atom. The van der Waals surface area contributed by atoms with Crippen LogP contribution in [0.15, 0.2) is 122 Å². The Labute approximate surface area is 232 Å². The maximum absolute atomic E-state index is 2.45. The summed E-state index contributed by atoms with van der Waals surface area (Å²) in [6.45, 7) is 4.68. The number of hydrogen-bond donors (Lipinski definition) is 0. The monoisotopic (exact) mass is 507 g/mol. The third kappa shape index (κ3) is 4.46. The van der Waals surface area contributed by atoms with Crippen LogP contribution in [0.5, 0.6) is 0 Å². The van der Waals surface area contributed by atoms with Crippen LogP contribution in [0.3, 0.4) is 0 Å². The zero-order chi connectivity index (χ0) is 26.8. The lowest BCUT2D eigenvalue weighted by atomic mass is 9.73. The van der Waals surface area contributed by atoms with Crippen molar-refractivity contribution in [1.29, 1.82) is 0 Å². The molecule has 1 aliphatic carbocycles. The molecule has 0 saturated carbocycles. The normalized spacial score (nSPS) is 13.3. The predicted molar refractivity (Wildman–Crippen MR) is 164 cm³/mol. The molecule has 0 atom stereocenters. The first kappa shape index (κ1) is 24.9. The molecule has 0 unspecified atom stereocenters. The molecule has 2 nitrogen and oxygen atoms in total. The van der Waals surface area contributed by atoms with E-state index >= 15 is 0 Å². The van der Waals surface area contributed by atoms with E-state index in [1.165, 1.54) is 50.4 Å². The Balaban J connectivity index is 1.44. The molecule has 0 N–H and O–H groups in total. The Bertz CT molecular complexity index is 1570. The van der Waals surface area contributed by atoms with Gasteiger partial charge in [0.25, 0.3) is 0 Å². The fourth-order valence-electron chi connectivity index (χ4n) is 6.17. The Morgan fingerprint density at radius 3 is 1.72 bits per heavy atom. The van der Waals surface area contributed by atoms with Crippen LogP contribution in [-0.4, -0.2) is 0 Å². The number of benzene rings is 4. The summed E-state index contributed by atoms with van der Waals surface area (Å²) in [7, 11) is 2.05. The lowest BCUT2D eigenvalue weighted by Crippen LogP contribution is -2.25. The maximum atomic E-state index is 2.45. The van der Waals surface area contributed by atoms with Gasteiger partial charge in [0, 0.05) is 34.6 Å². The van der Waals surface area contributed by atoms with Crippen molar-refractivity contribution in [3.8, 4) is 11.1 Å². The second-order valence-corrected chi connectivity index (χ2v) is 10.5. The van der Waals surface area contributed by atoms with Crippen LogP contribution in [0, 0.1) is 0 Å². The fourth-order valence-corrected chi connectivity index (χ4v) is 6.17. The molecule has 0 aliphatic heterocycles. The van der Waals surface area contributed by atoms with Gasteiger partial charge in [-0.2, -0.15) is 0 Å². The molecule has 1 heterocycles. The summed E-state index contributed by atoms with van der Waals surface area (Å²) in [4.78, 5) is 2.37. The summed E-state index contributed by atoms with van der Waals surface area (Å²) >= 11 is 0. The first-order valence-electron chi connectivity index (χ1n) is 14.0. The molecule has 5 aromatic rings. The van der Waals surface area contributed by atoms with Crippen LogP contribution in [0.2, 0.25) is 0 Å². The average Bonchev–Trinajstić information content (AvgIpc) is 3.27. The molecule has 0 saturated heterocycles. The number of fused-ring (bicyclic) bond motifs is 3. The molecule has 0 spiro atoms. The smallest absolute Gasteiger partial charge is 0.169 e. The highest BCUT2D eigenvalue weighted by atomic mass is 15.1. The van der Waals surface area contributed by atoms with E-state index in [2.05, 4.69) is 157 Å². The topological polar surface area (TPSA) is 7.12 Å². The van der Waals surface area contributed by atoms with Crippen molar-refractivity contribution in [3.63, 3.8) is 0 Å². The standard InChI is InChI=1S/C37H35N2/c1-4-37(5-2)35-26-29(17-16-28-22-24-38(3)25-23-28)18-20-33(35)34-21-19-32(27-36(34)37)39(30-12-8-6-9-13-30)31-14-10-7-11-15-31/h6-27H,4-5H2,1-3H3/q+1. The average molecular weight is 508 g/mol. The van der Waals surface area contributed by atoms with Crippen LogP contribution in [0.1, 0.15) is 48.9 Å². The zero-order valence-corrected chi connectivity index (χ0v) is 23.0. The Hall–Kier alpha value is -4.43. The van der Waals surface area contributed by atoms with Crippen molar-refractivity contribution in [2.45, 2.75) is 32.1 Å². The highest BCUT2D eigenvalue weighted by Gasteiger charge is 2.41. The number of aromatic nitrogens is 1. The molecule has 192 valence electrons. The number of anilines is 3. The highest BCUT2D eigenvalue weighted by Crippen LogP contribution is 2.54. The van der Waals surface area contributed by atoms with Gasteiger partial charge in [0.1, 0.15) is 7.05 Å². The summed E-state index contributed by atoms with van der Waals surface area (Å²) in [5.74, 6) is 0. The molecule has 0 amide bonds. The van der Waals surface area contributed by atoms with E-state index in [9.17, 15) is 0 Å². The molecule has 39 heavy (non-hydrogen) atoms. The van der Waals surface area contributed by atoms with E-state index in [1.54, 1.807) is 0 Å². The van der Waals surface area contributed by atoms with Crippen LogP contribution in [0.25, 0.3) is 23.3 Å². The van der Waals surface area contributed by atoms with Gasteiger partial charge in [-0.25, -0.2) is 4.57 Å². The van der Waals surface area contributed by atoms with Crippen LogP contribution < -0.4 is 9.47 Å². The van der Waals surface area contributed by atoms with E-state index in [1.807, 2.05) is 7.05 Å². The Morgan fingerprint density at radius 2 is 1.13 bits per heavy atom. The van der Waals surface area contributed by atoms with Crippen molar-refractivity contribution < 1.29 is 4.57 Å². The van der Waals surface area contributed by atoms with Crippen molar-refractivity contribution in [2.24, 2.45) is 7.05 Å². The number of hydrogen-bond acceptors (Lipinski definition) is 1. The minimum Gasteiger partial charge on any atom is -0.310 e. The predicted octanol–water partition coefficient (Wildman–Crippen LogP) is 9.24. The van der Waals surface area contributed by atoms with E-state index in [0.717, 1.165) is 12.8 Å². The van der Waals surface area contributed by atoms with Gasteiger partial charge < -0.3 is 4.90 Å². The second kappa shape index (κ2) is 10.4. The summed E-state index contributed by atoms with van der Waals surface area (Å²) in [5, 5.41) is 0. The van der Waals surface area contributed by atoms with Gasteiger partial charge in [0.2, 0.25) is 0 Å². The van der Waals surface area contributed by atoms with Crippen molar-refractivity contribution >= 4 is 29.2 Å². The van der Waals surface area contributed by atoms with Gasteiger partial charge in [0.05, 0.1) is 0 Å². The molecule has 1 aromatic heterocycles. The number of nitrogens with zero attached hydrogens (tertiary/aromatic N) is 2. The Kier molecular flexibility index (Phi) is 6.62. The molecule has 0 fully saturated rings. The molecular weight excluding hydrogens is 472 g/mol. The van der Waals surface area contributed by atoms with Gasteiger partial charge in [0.15, 0.2) is 12.4 Å². The van der Waals surface area contributed by atoms with Gasteiger partial charge in [-0.15, -0.1) is 0 Å². The van der Waals surface area contributed by atoms with Gasteiger partial charge in [-0.05, 0) is 82.6 Å². The zero-order valence-electron chi connectivity index (χ0n) is 23.0. The SMILES string of the molecule is CCC1(CC)c2cc(C=Cc3cc[n+](C)cc3)ccc2-c2ccc(N(c3ccccc3)c3ccccc3)cc21. The van der Waals surface area contributed by atoms with Gasteiger partial charge >= 0.3 is 0 Å². The van der Waals surface area contributed by atoms with E-state index in [4.69, 9.17) is 0 Å². The third-order valence-electron chi connectivity index (χ3n) is 8.33. The fraction of sp³-hybridized carbons (Fsp3) is 0.162.